The zero-order valence-electron chi connectivity index (χ0n) is 12.0. The summed E-state index contributed by atoms with van der Waals surface area (Å²) in [6.45, 7) is 1.49. The highest BCUT2D eigenvalue weighted by Crippen LogP contribution is 1.94. The molecule has 0 fully saturated rings. The molecule has 0 atom stereocenters. The summed E-state index contributed by atoms with van der Waals surface area (Å²) in [5.41, 5.74) is 11.5. The molecule has 0 aromatic carbocycles. The first-order valence-corrected chi connectivity index (χ1v) is 6.64. The average Bonchev–Trinajstić information content (AvgIpc) is 2.48. The molecule has 7 heteroatoms. The van der Waals surface area contributed by atoms with Crippen molar-refractivity contribution in [2.45, 2.75) is 19.5 Å². The summed E-state index contributed by atoms with van der Waals surface area (Å²) in [6, 6.07) is 6.95. The Morgan fingerprint density at radius 1 is 0.864 bits per heavy atom. The number of halogens is 1. The van der Waals surface area contributed by atoms with E-state index >= 15 is 0 Å². The van der Waals surface area contributed by atoms with E-state index in [-0.39, 0.29) is 12.4 Å². The summed E-state index contributed by atoms with van der Waals surface area (Å²) < 4.78 is 3.83. The van der Waals surface area contributed by atoms with Crippen molar-refractivity contribution in [2.24, 2.45) is 11.5 Å². The van der Waals surface area contributed by atoms with E-state index in [9.17, 15) is 9.59 Å². The molecule has 0 unspecified atom stereocenters. The van der Waals surface area contributed by atoms with E-state index in [1.165, 1.54) is 0 Å². The molecule has 2 aromatic rings. The van der Waals surface area contributed by atoms with Gasteiger partial charge in [-0.2, -0.15) is 0 Å². The minimum absolute atomic E-state index is 0. The fourth-order valence-electron chi connectivity index (χ4n) is 2.05. The number of hydrogen-bond acceptors (Lipinski definition) is 2. The van der Waals surface area contributed by atoms with Gasteiger partial charge in [0.15, 0.2) is 37.9 Å². The first-order valence-electron chi connectivity index (χ1n) is 6.64. The van der Waals surface area contributed by atoms with Crippen LogP contribution in [0.2, 0.25) is 0 Å². The van der Waals surface area contributed by atoms with Gasteiger partial charge in [0.25, 0.3) is 11.8 Å². The Bertz CT molecular complexity index is 619. The summed E-state index contributed by atoms with van der Waals surface area (Å²) in [4.78, 5) is 22.2. The van der Waals surface area contributed by atoms with Gasteiger partial charge in [-0.1, -0.05) is 0 Å². The van der Waals surface area contributed by atoms with Crippen molar-refractivity contribution in [3.63, 3.8) is 0 Å². The summed E-state index contributed by atoms with van der Waals surface area (Å²) in [5.74, 6) is -0.874. The van der Waals surface area contributed by atoms with Crippen molar-refractivity contribution in [3.8, 4) is 0 Å². The van der Waals surface area contributed by atoms with Gasteiger partial charge in [0.1, 0.15) is 11.1 Å². The zero-order chi connectivity index (χ0) is 15.2. The Morgan fingerprint density at radius 3 is 1.64 bits per heavy atom. The van der Waals surface area contributed by atoms with Gasteiger partial charge < -0.3 is 23.9 Å². The average molecular weight is 322 g/mol. The lowest BCUT2D eigenvalue weighted by Crippen LogP contribution is -3.00. The SMILES string of the molecule is NC(=O)c1ccc[n+](CCC[n+]2cccc(C(N)=O)c2)c1.[Cl-]. The van der Waals surface area contributed by atoms with Crippen molar-refractivity contribution in [2.75, 3.05) is 0 Å². The number of amides is 2. The molecule has 0 aliphatic heterocycles. The van der Waals surface area contributed by atoms with Crippen LogP contribution in [0.15, 0.2) is 49.1 Å². The van der Waals surface area contributed by atoms with Crippen molar-refractivity contribution in [1.29, 1.82) is 0 Å². The molecule has 0 saturated heterocycles. The Balaban J connectivity index is 0.00000242. The largest absolute Gasteiger partial charge is 1.00 e. The van der Waals surface area contributed by atoms with Crippen LogP contribution >= 0.6 is 0 Å². The van der Waals surface area contributed by atoms with Crippen molar-refractivity contribution < 1.29 is 31.1 Å². The molecule has 4 N–H and O–H groups in total. The highest BCUT2D eigenvalue weighted by Gasteiger charge is 2.10. The van der Waals surface area contributed by atoms with E-state index in [0.717, 1.165) is 19.5 Å². The molecule has 2 rings (SSSR count). The number of primary amides is 2. The lowest BCUT2D eigenvalue weighted by Gasteiger charge is -1.99. The standard InChI is InChI=1S/C15H16N4O2.ClH/c16-14(20)12-4-1-6-18(10-12)8-3-9-19-7-2-5-13(11-19)15(17)21;/h1-2,4-7,10-11H,3,8-9H2,(H2-2,16,17,20,21);1H/p+1. The van der Waals surface area contributed by atoms with Crippen LogP contribution in [0.25, 0.3) is 0 Å². The molecule has 22 heavy (non-hydrogen) atoms. The molecular formula is C15H18ClN4O2+. The molecule has 2 heterocycles. The number of hydrogen-bond donors (Lipinski definition) is 2. The number of rotatable bonds is 6. The molecule has 0 spiro atoms. The van der Waals surface area contributed by atoms with Crippen LogP contribution in [0.1, 0.15) is 27.1 Å². The Kier molecular flexibility index (Phi) is 6.47. The molecule has 0 aliphatic carbocycles. The maximum atomic E-state index is 11.1. The molecule has 2 amide bonds. The number of carbonyl (C=O) groups excluding carboxylic acids is 2. The van der Waals surface area contributed by atoms with E-state index < -0.39 is 11.8 Å². The molecule has 0 saturated carbocycles. The summed E-state index contributed by atoms with van der Waals surface area (Å²) in [5, 5.41) is 0. The van der Waals surface area contributed by atoms with Gasteiger partial charge in [0, 0.05) is 12.1 Å². The van der Waals surface area contributed by atoms with Gasteiger partial charge >= 0.3 is 0 Å². The zero-order valence-corrected chi connectivity index (χ0v) is 12.7. The Labute approximate surface area is 134 Å². The maximum Gasteiger partial charge on any atom is 0.254 e. The molecule has 0 radical (unpaired) electrons. The van der Waals surface area contributed by atoms with Crippen molar-refractivity contribution in [3.05, 3.63) is 60.2 Å². The van der Waals surface area contributed by atoms with Crippen LogP contribution in [0, 0.1) is 0 Å². The molecule has 0 aliphatic rings. The first-order chi connectivity index (χ1) is 10.1. The van der Waals surface area contributed by atoms with Crippen molar-refractivity contribution in [1.82, 2.24) is 0 Å². The van der Waals surface area contributed by atoms with Crippen LogP contribution < -0.4 is 33.0 Å². The van der Waals surface area contributed by atoms with E-state index in [2.05, 4.69) is 0 Å². The first kappa shape index (κ1) is 17.6. The molecular weight excluding hydrogens is 304 g/mol. The topological polar surface area (TPSA) is 93.9 Å². The van der Waals surface area contributed by atoms with Gasteiger partial charge in [-0.3, -0.25) is 9.59 Å². The van der Waals surface area contributed by atoms with E-state index in [4.69, 9.17) is 11.5 Å². The number of aryl methyl sites for hydroxylation is 2. The minimum Gasteiger partial charge on any atom is -1.00 e. The van der Waals surface area contributed by atoms with Crippen LogP contribution in [0.5, 0.6) is 0 Å². The van der Waals surface area contributed by atoms with Crippen LogP contribution in [-0.4, -0.2) is 11.8 Å². The summed E-state index contributed by atoms with van der Waals surface area (Å²) in [7, 11) is 0. The van der Waals surface area contributed by atoms with Crippen LogP contribution in [0.4, 0.5) is 0 Å². The van der Waals surface area contributed by atoms with Gasteiger partial charge in [-0.05, 0) is 12.1 Å². The third-order valence-corrected chi connectivity index (χ3v) is 3.12. The lowest BCUT2D eigenvalue weighted by molar-refractivity contribution is -0.727. The minimum atomic E-state index is -0.437. The number of nitrogens with zero attached hydrogens (tertiary/aromatic N) is 2. The summed E-state index contributed by atoms with van der Waals surface area (Å²) in [6.07, 6.45) is 8.08. The predicted molar refractivity (Wildman–Crippen MR) is 74.9 cm³/mol. The van der Waals surface area contributed by atoms with Crippen LogP contribution in [0.3, 0.4) is 0 Å². The quantitative estimate of drug-likeness (QED) is 0.542. The molecule has 0 bridgehead atoms. The second kappa shape index (κ2) is 8.09. The predicted octanol–water partition coefficient (Wildman–Crippen LogP) is -3.45. The van der Waals surface area contributed by atoms with Crippen LogP contribution in [-0.2, 0) is 13.1 Å². The second-order valence-corrected chi connectivity index (χ2v) is 4.74. The van der Waals surface area contributed by atoms with Gasteiger partial charge in [0.05, 0.1) is 6.42 Å². The molecule has 6 nitrogen and oxygen atoms in total. The number of carbonyl (C=O) groups is 2. The summed E-state index contributed by atoms with van der Waals surface area (Å²) >= 11 is 0. The van der Waals surface area contributed by atoms with Gasteiger partial charge in [-0.25, -0.2) is 9.13 Å². The highest BCUT2D eigenvalue weighted by atomic mass is 35.5. The number of nitrogens with two attached hydrogens (primary N) is 2. The third kappa shape index (κ3) is 4.82. The normalized spacial score (nSPS) is 9.82. The number of aromatic nitrogens is 2. The molecule has 2 aromatic heterocycles. The van der Waals surface area contributed by atoms with Crippen molar-refractivity contribution >= 4 is 11.8 Å². The third-order valence-electron chi connectivity index (χ3n) is 3.12. The highest BCUT2D eigenvalue weighted by molar-refractivity contribution is 5.92. The smallest absolute Gasteiger partial charge is 0.254 e. The molecule has 116 valence electrons. The Morgan fingerprint density at radius 2 is 1.27 bits per heavy atom. The second-order valence-electron chi connectivity index (χ2n) is 4.74. The lowest BCUT2D eigenvalue weighted by atomic mass is 10.2. The van der Waals surface area contributed by atoms with E-state index in [1.54, 1.807) is 36.7 Å². The maximum absolute atomic E-state index is 11.1. The number of pyridine rings is 2. The fraction of sp³-hybridized carbons (Fsp3) is 0.200. The monoisotopic (exact) mass is 321 g/mol. The Hall–Kier alpha value is -2.47. The van der Waals surface area contributed by atoms with E-state index in [1.807, 2.05) is 21.5 Å². The fourth-order valence-corrected chi connectivity index (χ4v) is 2.05. The van der Waals surface area contributed by atoms with Gasteiger partial charge in [-0.15, -0.1) is 0 Å². The van der Waals surface area contributed by atoms with E-state index in [0.29, 0.717) is 11.1 Å². The van der Waals surface area contributed by atoms with Gasteiger partial charge in [0.2, 0.25) is 0 Å².